The van der Waals surface area contributed by atoms with Crippen LogP contribution in [0.3, 0.4) is 0 Å². The molecule has 6 heteroatoms. The molecule has 0 nitrogen and oxygen atoms in total. The van der Waals surface area contributed by atoms with Gasteiger partial charge in [0, 0.05) is 131 Å². The summed E-state index contributed by atoms with van der Waals surface area (Å²) >= 11 is 0. The first kappa shape index (κ1) is 105. The summed E-state index contributed by atoms with van der Waals surface area (Å²) in [7, 11) is 0. The van der Waals surface area contributed by atoms with E-state index in [9.17, 15) is 0 Å². The molecule has 0 N–H and O–H groups in total. The second-order valence-corrected chi connectivity index (χ2v) is 0. The Kier molecular flexibility index (Phi) is 896. The van der Waals surface area contributed by atoms with E-state index in [1.54, 1.807) is 0 Å². The van der Waals surface area contributed by atoms with Crippen molar-refractivity contribution >= 4 is 0 Å². The molecule has 0 saturated carbocycles. The van der Waals surface area contributed by atoms with Gasteiger partial charge in [0.05, 0.1) is 0 Å². The molecule has 0 aliphatic rings. The normalized spacial score (nSPS) is 0. The van der Waals surface area contributed by atoms with Crippen LogP contribution in [-0.4, -0.2) is 0 Å². The average molecular weight is 618 g/mol. The monoisotopic (exact) mass is 620 g/mol. The Morgan fingerprint density at radius 2 is 0.300 bits per heavy atom. The van der Waals surface area contributed by atoms with Crippen LogP contribution in [-0.2, 0) is 170 Å². The van der Waals surface area contributed by atoms with Crippen molar-refractivity contribution in [2.75, 3.05) is 0 Å². The predicted molar refractivity (Wildman–Crippen MR) is 25.7 cm³/mol. The molecule has 0 aromatic carbocycles. The quantitative estimate of drug-likeness (QED) is 0.288. The van der Waals surface area contributed by atoms with Crippen molar-refractivity contribution in [3.63, 3.8) is 0 Å². The van der Waals surface area contributed by atoms with Crippen LogP contribution in [0.4, 0.5) is 0 Å². The largest absolute Gasteiger partial charge is 2.00 e. The average Bonchev–Trinajstić information content (AvgIpc) is 0. The second-order valence-electron chi connectivity index (χ2n) is 0. The molecular formula is C4H12Ru2Y4. The van der Waals surface area contributed by atoms with E-state index in [-0.39, 0.29) is 199 Å². The molecule has 10 heavy (non-hydrogen) atoms. The fourth-order valence-electron chi connectivity index (χ4n) is 0. The molecule has 4 radical (unpaired) electrons. The van der Waals surface area contributed by atoms with E-state index in [1.165, 1.54) is 0 Å². The van der Waals surface area contributed by atoms with Crippen LogP contribution < -0.4 is 0 Å². The van der Waals surface area contributed by atoms with Gasteiger partial charge in [0.2, 0.25) is 0 Å². The molecule has 0 amide bonds. The van der Waals surface area contributed by atoms with Crippen molar-refractivity contribution in [1.29, 1.82) is 0 Å². The molecule has 0 bridgehead atoms. The van der Waals surface area contributed by atoms with Gasteiger partial charge in [-0.2, -0.15) is 0 Å². The Morgan fingerprint density at radius 3 is 0.300 bits per heavy atom. The van der Waals surface area contributed by atoms with E-state index in [4.69, 9.17) is 0 Å². The van der Waals surface area contributed by atoms with Crippen LogP contribution in [0.5, 0.6) is 0 Å². The molecule has 0 spiro atoms. The summed E-state index contributed by atoms with van der Waals surface area (Å²) in [5.74, 6) is 0. The van der Waals surface area contributed by atoms with Crippen LogP contribution in [0.2, 0.25) is 0 Å². The molecular weight excluding hydrogens is 606 g/mol. The predicted octanol–water partition coefficient (Wildman–Crippen LogP) is 1.79. The maximum absolute atomic E-state index is 0. The molecule has 0 saturated heterocycles. The van der Waals surface area contributed by atoms with Gasteiger partial charge in [-0.25, -0.2) is 0 Å². The van der Waals surface area contributed by atoms with Crippen molar-refractivity contribution in [3.05, 3.63) is 29.7 Å². The number of hydrogen-bond acceptors (Lipinski definition) is 0. The van der Waals surface area contributed by atoms with Crippen LogP contribution in [0.1, 0.15) is 0 Å². The van der Waals surface area contributed by atoms with E-state index in [1.807, 2.05) is 0 Å². The molecule has 0 aliphatic carbocycles. The Hall–Kier alpha value is 5.66. The summed E-state index contributed by atoms with van der Waals surface area (Å²) in [5.41, 5.74) is 0. The molecule has 0 fully saturated rings. The van der Waals surface area contributed by atoms with E-state index < -0.39 is 0 Å². The molecule has 0 rings (SSSR count). The van der Waals surface area contributed by atoms with E-state index >= 15 is 0 Å². The molecule has 56 valence electrons. The first-order chi connectivity index (χ1) is 0. The van der Waals surface area contributed by atoms with Gasteiger partial charge in [0.1, 0.15) is 0 Å². The zero-order chi connectivity index (χ0) is 0. The van der Waals surface area contributed by atoms with Gasteiger partial charge < -0.3 is 29.7 Å². The summed E-state index contributed by atoms with van der Waals surface area (Å²) in [4.78, 5) is 0. The van der Waals surface area contributed by atoms with Crippen LogP contribution in [0, 0.1) is 29.7 Å². The SMILES string of the molecule is [CH3-].[CH3-].[CH3-].[CH3-].[Ru+2].[Ru+2].[Y].[Y].[Y].[Y]. The minimum absolute atomic E-state index is 0. The van der Waals surface area contributed by atoms with Gasteiger partial charge in [-0.15, -0.1) is 0 Å². The van der Waals surface area contributed by atoms with Crippen molar-refractivity contribution < 1.29 is 170 Å². The maximum atomic E-state index is 0. The summed E-state index contributed by atoms with van der Waals surface area (Å²) < 4.78 is 0. The van der Waals surface area contributed by atoms with Crippen molar-refractivity contribution in [1.82, 2.24) is 0 Å². The van der Waals surface area contributed by atoms with Crippen molar-refractivity contribution in [3.8, 4) is 0 Å². The van der Waals surface area contributed by atoms with E-state index in [0.29, 0.717) is 0 Å². The summed E-state index contributed by atoms with van der Waals surface area (Å²) in [6.07, 6.45) is 0. The van der Waals surface area contributed by atoms with Gasteiger partial charge in [0.25, 0.3) is 0 Å². The van der Waals surface area contributed by atoms with Gasteiger partial charge in [0.15, 0.2) is 0 Å². The zero-order valence-corrected chi connectivity index (χ0v) is 21.8. The topological polar surface area (TPSA) is 0 Å². The van der Waals surface area contributed by atoms with Crippen molar-refractivity contribution in [2.24, 2.45) is 0 Å². The molecule has 0 aromatic heterocycles. The van der Waals surface area contributed by atoms with E-state index in [2.05, 4.69) is 0 Å². The summed E-state index contributed by atoms with van der Waals surface area (Å²) in [6, 6.07) is 0. The molecule has 0 heterocycles. The Morgan fingerprint density at radius 1 is 0.300 bits per heavy atom. The Bertz CT molecular complexity index is 15.2. The Labute approximate surface area is 194 Å². The first-order valence-corrected chi connectivity index (χ1v) is 0. The zero-order valence-electron chi connectivity index (χ0n) is 7.02. The standard InChI is InChI=1S/4CH3.2Ru.4Y/h4*1H3;;;;;;/q4*-1;2*+2;;;;. The third kappa shape index (κ3) is 68.3. The minimum atomic E-state index is 0. The van der Waals surface area contributed by atoms with Gasteiger partial charge in [-0.05, 0) is 0 Å². The third-order valence-electron chi connectivity index (χ3n) is 0. The fourth-order valence-corrected chi connectivity index (χ4v) is 0. The van der Waals surface area contributed by atoms with Crippen molar-refractivity contribution in [2.45, 2.75) is 0 Å². The fraction of sp³-hybridized carbons (Fsp3) is 0. The Balaban J connectivity index is 0. The summed E-state index contributed by atoms with van der Waals surface area (Å²) in [5, 5.41) is 0. The van der Waals surface area contributed by atoms with Gasteiger partial charge in [-0.1, -0.05) is 0 Å². The van der Waals surface area contributed by atoms with Gasteiger partial charge >= 0.3 is 39.0 Å². The number of hydrogen-bond donors (Lipinski definition) is 0. The molecule has 0 aliphatic heterocycles. The molecule has 0 unspecified atom stereocenters. The minimum Gasteiger partial charge on any atom is -0.358 e. The van der Waals surface area contributed by atoms with Crippen LogP contribution in [0.15, 0.2) is 0 Å². The summed E-state index contributed by atoms with van der Waals surface area (Å²) in [6.45, 7) is 0. The number of rotatable bonds is 0. The first-order valence-electron chi connectivity index (χ1n) is 0. The van der Waals surface area contributed by atoms with Crippen LogP contribution >= 0.6 is 0 Å². The smallest absolute Gasteiger partial charge is 0.358 e. The molecule has 0 aromatic rings. The maximum Gasteiger partial charge on any atom is 2.00 e. The second kappa shape index (κ2) is 85.4. The van der Waals surface area contributed by atoms with E-state index in [0.717, 1.165) is 0 Å². The molecule has 0 atom stereocenters. The van der Waals surface area contributed by atoms with Gasteiger partial charge in [-0.3, -0.25) is 0 Å². The van der Waals surface area contributed by atoms with Crippen LogP contribution in [0.25, 0.3) is 0 Å². The third-order valence-corrected chi connectivity index (χ3v) is 0.